The molecule has 7 heteroatoms. The first-order chi connectivity index (χ1) is 8.54. The average Bonchev–Trinajstić information content (AvgIpc) is 2.68. The Morgan fingerprint density at radius 3 is 2.78 bits per heavy atom. The lowest BCUT2D eigenvalue weighted by Crippen LogP contribution is -2.16. The monoisotopic (exact) mass is 250 g/mol. The molecule has 0 saturated carbocycles. The van der Waals surface area contributed by atoms with E-state index in [1.165, 1.54) is 12.1 Å². The van der Waals surface area contributed by atoms with E-state index in [0.717, 1.165) is 0 Å². The van der Waals surface area contributed by atoms with Crippen LogP contribution in [0.2, 0.25) is 0 Å². The van der Waals surface area contributed by atoms with Gasteiger partial charge in [0.15, 0.2) is 0 Å². The van der Waals surface area contributed by atoms with Crippen molar-refractivity contribution < 1.29 is 10.0 Å². The molecule has 0 fully saturated rings. The van der Waals surface area contributed by atoms with Gasteiger partial charge in [0, 0.05) is 32.8 Å². The van der Waals surface area contributed by atoms with E-state index in [9.17, 15) is 10.1 Å². The van der Waals surface area contributed by atoms with E-state index in [0.29, 0.717) is 23.5 Å². The summed E-state index contributed by atoms with van der Waals surface area (Å²) >= 11 is 0. The van der Waals surface area contributed by atoms with Crippen LogP contribution in [0.5, 0.6) is 0 Å². The number of fused-ring (bicyclic) bond motifs is 1. The van der Waals surface area contributed by atoms with Crippen LogP contribution in [0.25, 0.3) is 11.0 Å². The van der Waals surface area contributed by atoms with Gasteiger partial charge in [-0.1, -0.05) is 0 Å². The molecule has 1 N–H and O–H groups in total. The number of nitro groups is 1. The van der Waals surface area contributed by atoms with Gasteiger partial charge >= 0.3 is 0 Å². The van der Waals surface area contributed by atoms with Crippen LogP contribution in [0.3, 0.4) is 0 Å². The second kappa shape index (κ2) is 4.61. The lowest BCUT2D eigenvalue weighted by atomic mass is 10.3. The normalized spacial score (nSPS) is 10.8. The first-order valence-corrected chi connectivity index (χ1v) is 5.47. The van der Waals surface area contributed by atoms with Crippen molar-refractivity contribution in [2.24, 2.45) is 0 Å². The van der Waals surface area contributed by atoms with Crippen molar-refractivity contribution in [2.45, 2.75) is 6.54 Å². The van der Waals surface area contributed by atoms with E-state index < -0.39 is 4.92 Å². The predicted octanol–water partition coefficient (Wildman–Crippen LogP) is 1.00. The van der Waals surface area contributed by atoms with Gasteiger partial charge < -0.3 is 14.6 Å². The number of aliphatic hydroxyl groups excluding tert-OH is 1. The molecule has 2 rings (SSSR count). The average molecular weight is 250 g/mol. The standard InChI is InChI=1S/C11H14N4O3/c1-13(2)11-12-9-4-3-8(15(17)18)7-10(9)14(11)5-6-16/h3-4,7,16H,5-6H2,1-2H3. The van der Waals surface area contributed by atoms with Gasteiger partial charge in [0.05, 0.1) is 22.6 Å². The Balaban J connectivity index is 2.67. The Kier molecular flexibility index (Phi) is 3.15. The van der Waals surface area contributed by atoms with E-state index in [1.807, 2.05) is 19.0 Å². The lowest BCUT2D eigenvalue weighted by Gasteiger charge is -2.13. The van der Waals surface area contributed by atoms with Crippen molar-refractivity contribution in [3.63, 3.8) is 0 Å². The molecule has 0 spiro atoms. The molecule has 0 atom stereocenters. The Labute approximate surface area is 103 Å². The number of rotatable bonds is 4. The van der Waals surface area contributed by atoms with Crippen LogP contribution in [0.1, 0.15) is 0 Å². The summed E-state index contributed by atoms with van der Waals surface area (Å²) in [5.41, 5.74) is 1.35. The zero-order valence-electron chi connectivity index (χ0n) is 10.2. The van der Waals surface area contributed by atoms with Gasteiger partial charge in [-0.25, -0.2) is 4.98 Å². The second-order valence-corrected chi connectivity index (χ2v) is 4.11. The maximum atomic E-state index is 10.8. The summed E-state index contributed by atoms with van der Waals surface area (Å²) in [7, 11) is 3.67. The smallest absolute Gasteiger partial charge is 0.271 e. The van der Waals surface area contributed by atoms with Gasteiger partial charge in [0.1, 0.15) is 0 Å². The number of non-ortho nitro benzene ring substituents is 1. The Hall–Kier alpha value is -2.15. The Bertz CT molecular complexity index is 591. The van der Waals surface area contributed by atoms with Crippen molar-refractivity contribution in [1.29, 1.82) is 0 Å². The van der Waals surface area contributed by atoms with Gasteiger partial charge in [-0.3, -0.25) is 10.1 Å². The zero-order chi connectivity index (χ0) is 13.3. The summed E-state index contributed by atoms with van der Waals surface area (Å²) in [5.74, 6) is 0.666. The number of aromatic nitrogens is 2. The van der Waals surface area contributed by atoms with Gasteiger partial charge in [-0.05, 0) is 6.07 Å². The number of nitro benzene ring substituents is 1. The first kappa shape index (κ1) is 12.3. The van der Waals surface area contributed by atoms with Crippen LogP contribution < -0.4 is 4.90 Å². The molecule has 0 aliphatic carbocycles. The number of imidazole rings is 1. The summed E-state index contributed by atoms with van der Waals surface area (Å²) in [6.07, 6.45) is 0. The first-order valence-electron chi connectivity index (χ1n) is 5.47. The number of aliphatic hydroxyl groups is 1. The molecule has 0 bridgehead atoms. The van der Waals surface area contributed by atoms with Crippen LogP contribution in [-0.4, -0.2) is 40.3 Å². The van der Waals surface area contributed by atoms with Gasteiger partial charge in [0.2, 0.25) is 5.95 Å². The Morgan fingerprint density at radius 2 is 2.22 bits per heavy atom. The molecule has 1 aromatic heterocycles. The molecule has 0 aliphatic heterocycles. The zero-order valence-corrected chi connectivity index (χ0v) is 10.2. The molecular weight excluding hydrogens is 236 g/mol. The fraction of sp³-hybridized carbons (Fsp3) is 0.364. The molecular formula is C11H14N4O3. The maximum absolute atomic E-state index is 10.8. The third-order valence-corrected chi connectivity index (χ3v) is 2.65. The minimum atomic E-state index is -0.439. The molecule has 18 heavy (non-hydrogen) atoms. The van der Waals surface area contributed by atoms with E-state index in [4.69, 9.17) is 5.11 Å². The van der Waals surface area contributed by atoms with Crippen LogP contribution in [0.15, 0.2) is 18.2 Å². The highest BCUT2D eigenvalue weighted by atomic mass is 16.6. The summed E-state index contributed by atoms with van der Waals surface area (Å²) in [5, 5.41) is 19.9. The van der Waals surface area contributed by atoms with Gasteiger partial charge in [-0.2, -0.15) is 0 Å². The maximum Gasteiger partial charge on any atom is 0.271 e. The highest BCUT2D eigenvalue weighted by Gasteiger charge is 2.15. The molecule has 2 aromatic rings. The molecule has 1 heterocycles. The SMILES string of the molecule is CN(C)c1nc2ccc([N+](=O)[O-])cc2n1CCO. The number of hydrogen-bond acceptors (Lipinski definition) is 5. The summed E-state index contributed by atoms with van der Waals surface area (Å²) < 4.78 is 1.77. The quantitative estimate of drug-likeness (QED) is 0.646. The van der Waals surface area contributed by atoms with E-state index in [-0.39, 0.29) is 12.3 Å². The van der Waals surface area contributed by atoms with Gasteiger partial charge in [0.25, 0.3) is 5.69 Å². The van der Waals surface area contributed by atoms with Gasteiger partial charge in [-0.15, -0.1) is 0 Å². The van der Waals surface area contributed by atoms with Crippen LogP contribution in [0, 0.1) is 10.1 Å². The van der Waals surface area contributed by atoms with Crippen molar-refractivity contribution >= 4 is 22.7 Å². The molecule has 1 aromatic carbocycles. The fourth-order valence-electron chi connectivity index (χ4n) is 1.87. The highest BCUT2D eigenvalue weighted by molar-refractivity contribution is 5.81. The summed E-state index contributed by atoms with van der Waals surface area (Å²) in [6, 6.07) is 4.53. The van der Waals surface area contributed by atoms with Crippen LogP contribution >= 0.6 is 0 Å². The van der Waals surface area contributed by atoms with Crippen molar-refractivity contribution in [2.75, 3.05) is 25.6 Å². The molecule has 0 amide bonds. The summed E-state index contributed by atoms with van der Waals surface area (Å²) in [4.78, 5) is 16.5. The number of anilines is 1. The third kappa shape index (κ3) is 2.00. The van der Waals surface area contributed by atoms with Crippen LogP contribution in [-0.2, 0) is 6.54 Å². The molecule has 0 unspecified atom stereocenters. The minimum Gasteiger partial charge on any atom is -0.395 e. The summed E-state index contributed by atoms with van der Waals surface area (Å²) in [6.45, 7) is 0.306. The minimum absolute atomic E-state index is 0.0203. The van der Waals surface area contributed by atoms with Crippen molar-refractivity contribution in [3.05, 3.63) is 28.3 Å². The molecule has 0 aliphatic rings. The predicted molar refractivity (Wildman–Crippen MR) is 67.8 cm³/mol. The fourth-order valence-corrected chi connectivity index (χ4v) is 1.87. The lowest BCUT2D eigenvalue weighted by molar-refractivity contribution is -0.384. The van der Waals surface area contributed by atoms with E-state index in [2.05, 4.69) is 4.98 Å². The highest BCUT2D eigenvalue weighted by Crippen LogP contribution is 2.25. The van der Waals surface area contributed by atoms with Crippen molar-refractivity contribution in [1.82, 2.24) is 9.55 Å². The number of nitrogens with zero attached hydrogens (tertiary/aromatic N) is 4. The van der Waals surface area contributed by atoms with E-state index >= 15 is 0 Å². The molecule has 0 radical (unpaired) electrons. The van der Waals surface area contributed by atoms with E-state index in [1.54, 1.807) is 10.6 Å². The number of hydrogen-bond donors (Lipinski definition) is 1. The number of benzene rings is 1. The topological polar surface area (TPSA) is 84.4 Å². The molecule has 0 saturated heterocycles. The van der Waals surface area contributed by atoms with Crippen molar-refractivity contribution in [3.8, 4) is 0 Å². The van der Waals surface area contributed by atoms with Crippen LogP contribution in [0.4, 0.5) is 11.6 Å². The second-order valence-electron chi connectivity index (χ2n) is 4.11. The third-order valence-electron chi connectivity index (χ3n) is 2.65. The Morgan fingerprint density at radius 1 is 1.50 bits per heavy atom. The largest absolute Gasteiger partial charge is 0.395 e. The molecule has 7 nitrogen and oxygen atoms in total. The molecule has 96 valence electrons.